The monoisotopic (exact) mass is 377 g/mol. The number of rotatable bonds is 3. The molecule has 0 aliphatic carbocycles. The largest absolute Gasteiger partial charge is 0.497 e. The first-order valence-corrected chi connectivity index (χ1v) is 9.21. The van der Waals surface area contributed by atoms with Gasteiger partial charge in [0.2, 0.25) is 0 Å². The van der Waals surface area contributed by atoms with E-state index in [1.165, 1.54) is 10.5 Å². The maximum absolute atomic E-state index is 13.4. The fraction of sp³-hybridized carbons (Fsp3) is 0.273. The SMILES string of the molecule is COc1ccc([C@H]2NC(=O)N(C)C3=C2C(=O)N(c2ccc(C)c(C)c2)C3)cc1. The number of hydrogen-bond donors (Lipinski definition) is 1. The fourth-order valence-electron chi connectivity index (χ4n) is 3.72. The van der Waals surface area contributed by atoms with Gasteiger partial charge < -0.3 is 15.0 Å². The van der Waals surface area contributed by atoms with Gasteiger partial charge in [-0.15, -0.1) is 0 Å². The highest BCUT2D eigenvalue weighted by Crippen LogP contribution is 2.38. The molecule has 144 valence electrons. The van der Waals surface area contributed by atoms with Crippen molar-refractivity contribution in [2.45, 2.75) is 19.9 Å². The van der Waals surface area contributed by atoms with Crippen LogP contribution in [0.2, 0.25) is 0 Å². The number of nitrogens with one attached hydrogen (secondary N) is 1. The van der Waals surface area contributed by atoms with E-state index in [1.807, 2.05) is 56.3 Å². The van der Waals surface area contributed by atoms with E-state index in [4.69, 9.17) is 4.74 Å². The van der Waals surface area contributed by atoms with Gasteiger partial charge in [-0.3, -0.25) is 9.69 Å². The van der Waals surface area contributed by atoms with Gasteiger partial charge in [0.15, 0.2) is 0 Å². The third kappa shape index (κ3) is 2.81. The number of hydrogen-bond acceptors (Lipinski definition) is 3. The van der Waals surface area contributed by atoms with Crippen LogP contribution < -0.4 is 15.0 Å². The van der Waals surface area contributed by atoms with Crippen LogP contribution in [0.4, 0.5) is 10.5 Å². The van der Waals surface area contributed by atoms with E-state index in [-0.39, 0.29) is 11.9 Å². The van der Waals surface area contributed by atoms with E-state index in [0.29, 0.717) is 12.1 Å². The number of amides is 3. The molecule has 0 saturated carbocycles. The van der Waals surface area contributed by atoms with Gasteiger partial charge in [-0.25, -0.2) is 4.79 Å². The molecule has 0 radical (unpaired) electrons. The Kier molecular flexibility index (Phi) is 4.34. The molecule has 4 rings (SSSR count). The lowest BCUT2D eigenvalue weighted by molar-refractivity contribution is -0.114. The van der Waals surface area contributed by atoms with Crippen molar-refractivity contribution in [2.24, 2.45) is 0 Å². The van der Waals surface area contributed by atoms with Crippen molar-refractivity contribution >= 4 is 17.6 Å². The van der Waals surface area contributed by atoms with E-state index in [0.717, 1.165) is 28.3 Å². The molecule has 0 bridgehead atoms. The fourth-order valence-corrected chi connectivity index (χ4v) is 3.72. The summed E-state index contributed by atoms with van der Waals surface area (Å²) < 4.78 is 5.22. The highest BCUT2D eigenvalue weighted by atomic mass is 16.5. The van der Waals surface area contributed by atoms with Crippen molar-refractivity contribution in [1.29, 1.82) is 0 Å². The van der Waals surface area contributed by atoms with Crippen molar-refractivity contribution in [1.82, 2.24) is 10.2 Å². The summed E-state index contributed by atoms with van der Waals surface area (Å²) in [6.45, 7) is 4.46. The summed E-state index contributed by atoms with van der Waals surface area (Å²) in [6, 6.07) is 12.7. The van der Waals surface area contributed by atoms with E-state index in [2.05, 4.69) is 5.32 Å². The second kappa shape index (κ2) is 6.71. The average Bonchev–Trinajstić information content (AvgIpc) is 3.04. The third-order valence-electron chi connectivity index (χ3n) is 5.61. The highest BCUT2D eigenvalue weighted by Gasteiger charge is 2.43. The predicted octanol–water partition coefficient (Wildman–Crippen LogP) is 3.31. The molecule has 0 unspecified atom stereocenters. The second-order valence-corrected chi connectivity index (χ2v) is 7.23. The molecule has 6 heteroatoms. The summed E-state index contributed by atoms with van der Waals surface area (Å²) in [5.74, 6) is 0.651. The van der Waals surface area contributed by atoms with Crippen molar-refractivity contribution in [3.05, 3.63) is 70.4 Å². The molecule has 28 heavy (non-hydrogen) atoms. The number of likely N-dealkylation sites (N-methyl/N-ethyl adjacent to an activating group) is 1. The summed E-state index contributed by atoms with van der Waals surface area (Å²) in [6.07, 6.45) is 0. The zero-order valence-electron chi connectivity index (χ0n) is 16.4. The Labute approximate surface area is 164 Å². The first kappa shape index (κ1) is 18.1. The molecule has 2 aromatic rings. The van der Waals surface area contributed by atoms with E-state index < -0.39 is 6.04 Å². The van der Waals surface area contributed by atoms with Gasteiger partial charge >= 0.3 is 6.03 Å². The molecular weight excluding hydrogens is 354 g/mol. The van der Waals surface area contributed by atoms with Gasteiger partial charge in [-0.05, 0) is 54.8 Å². The molecule has 0 saturated heterocycles. The Bertz CT molecular complexity index is 995. The van der Waals surface area contributed by atoms with Gasteiger partial charge in [-0.1, -0.05) is 18.2 Å². The zero-order valence-corrected chi connectivity index (χ0v) is 16.4. The number of carbonyl (C=O) groups excluding carboxylic acids is 2. The van der Waals surface area contributed by atoms with Gasteiger partial charge in [0.25, 0.3) is 5.91 Å². The lowest BCUT2D eigenvalue weighted by Gasteiger charge is -2.31. The van der Waals surface area contributed by atoms with Crippen molar-refractivity contribution < 1.29 is 14.3 Å². The van der Waals surface area contributed by atoms with Crippen LogP contribution in [-0.2, 0) is 4.79 Å². The van der Waals surface area contributed by atoms with Crippen molar-refractivity contribution in [2.75, 3.05) is 25.6 Å². The minimum atomic E-state index is -0.478. The molecule has 0 aromatic heterocycles. The predicted molar refractivity (Wildman–Crippen MR) is 107 cm³/mol. The van der Waals surface area contributed by atoms with Gasteiger partial charge in [0.1, 0.15) is 5.75 Å². The Morgan fingerprint density at radius 1 is 1.04 bits per heavy atom. The molecule has 2 aromatic carbocycles. The van der Waals surface area contributed by atoms with Crippen LogP contribution in [0.25, 0.3) is 0 Å². The molecular formula is C22H23N3O3. The molecule has 0 fully saturated rings. The number of methoxy groups -OCH3 is 1. The highest BCUT2D eigenvalue weighted by molar-refractivity contribution is 6.11. The Morgan fingerprint density at radius 3 is 2.39 bits per heavy atom. The number of carbonyl (C=O) groups is 2. The minimum absolute atomic E-state index is 0.0779. The molecule has 2 aliphatic heterocycles. The Morgan fingerprint density at radius 2 is 1.75 bits per heavy atom. The van der Waals surface area contributed by atoms with Crippen LogP contribution in [0.3, 0.4) is 0 Å². The van der Waals surface area contributed by atoms with E-state index in [1.54, 1.807) is 19.1 Å². The summed E-state index contributed by atoms with van der Waals surface area (Å²) in [7, 11) is 3.31. The van der Waals surface area contributed by atoms with Gasteiger partial charge in [0, 0.05) is 12.7 Å². The van der Waals surface area contributed by atoms with E-state index in [9.17, 15) is 9.59 Å². The normalized spacial score (nSPS) is 19.1. The standard InChI is InChI=1S/C22H23N3O3/c1-13-5-8-16(11-14(13)2)25-12-18-19(21(25)26)20(23-22(27)24(18)3)15-6-9-17(28-4)10-7-15/h5-11,20H,12H2,1-4H3,(H,23,27)/t20-/m1/s1. The zero-order chi connectivity index (χ0) is 20.0. The number of urea groups is 1. The maximum atomic E-state index is 13.4. The molecule has 2 heterocycles. The van der Waals surface area contributed by atoms with Crippen LogP contribution in [-0.4, -0.2) is 37.5 Å². The second-order valence-electron chi connectivity index (χ2n) is 7.23. The van der Waals surface area contributed by atoms with Crippen LogP contribution in [0.5, 0.6) is 5.75 Å². The lowest BCUT2D eigenvalue weighted by atomic mass is 9.95. The van der Waals surface area contributed by atoms with Crippen molar-refractivity contribution in [3.63, 3.8) is 0 Å². The topological polar surface area (TPSA) is 61.9 Å². The first-order valence-electron chi connectivity index (χ1n) is 9.21. The maximum Gasteiger partial charge on any atom is 0.322 e. The summed E-state index contributed by atoms with van der Waals surface area (Å²) in [4.78, 5) is 29.2. The van der Waals surface area contributed by atoms with E-state index >= 15 is 0 Å². The van der Waals surface area contributed by atoms with Gasteiger partial charge in [-0.2, -0.15) is 0 Å². The van der Waals surface area contributed by atoms with Crippen LogP contribution in [0.15, 0.2) is 53.7 Å². The molecule has 3 amide bonds. The molecule has 0 spiro atoms. The lowest BCUT2D eigenvalue weighted by Crippen LogP contribution is -2.45. The molecule has 1 N–H and O–H groups in total. The third-order valence-corrected chi connectivity index (χ3v) is 5.61. The summed E-state index contributed by atoms with van der Waals surface area (Å²) in [5, 5.41) is 2.96. The molecule has 2 aliphatic rings. The number of nitrogens with zero attached hydrogens (tertiary/aromatic N) is 2. The Balaban J connectivity index is 1.74. The first-order chi connectivity index (χ1) is 13.4. The van der Waals surface area contributed by atoms with Crippen LogP contribution >= 0.6 is 0 Å². The smallest absolute Gasteiger partial charge is 0.322 e. The number of ether oxygens (including phenoxy) is 1. The van der Waals surface area contributed by atoms with Crippen LogP contribution in [0, 0.1) is 13.8 Å². The average molecular weight is 377 g/mol. The molecule has 6 nitrogen and oxygen atoms in total. The summed E-state index contributed by atoms with van der Waals surface area (Å²) >= 11 is 0. The quantitative estimate of drug-likeness (QED) is 0.893. The molecule has 1 atom stereocenters. The Hall–Kier alpha value is -3.28. The number of aryl methyl sites for hydroxylation is 2. The van der Waals surface area contributed by atoms with Crippen molar-refractivity contribution in [3.8, 4) is 5.75 Å². The van der Waals surface area contributed by atoms with Gasteiger partial charge in [0.05, 0.1) is 31.0 Å². The minimum Gasteiger partial charge on any atom is -0.497 e. The number of benzene rings is 2. The van der Waals surface area contributed by atoms with Crippen LogP contribution in [0.1, 0.15) is 22.7 Å². The summed E-state index contributed by atoms with van der Waals surface area (Å²) in [5.41, 5.74) is 5.36. The number of anilines is 1.